The zero-order chi connectivity index (χ0) is 7.44. The highest BCUT2D eigenvalue weighted by molar-refractivity contribution is 7.82. The molecule has 0 heterocycles. The third-order valence-corrected chi connectivity index (χ3v) is 1.60. The van der Waals surface area contributed by atoms with Crippen molar-refractivity contribution in [1.82, 2.24) is 0 Å². The number of carbonyl (C=O) groups excluding carboxylic acids is 2. The molecule has 0 fully saturated rings. The summed E-state index contributed by atoms with van der Waals surface area (Å²) < 4.78 is 0. The lowest BCUT2D eigenvalue weighted by atomic mass is 10.3. The first-order chi connectivity index (χ1) is 4.04. The van der Waals surface area contributed by atoms with Gasteiger partial charge in [0.15, 0.2) is 0 Å². The van der Waals surface area contributed by atoms with Crippen LogP contribution in [0, 0.1) is 0 Å². The lowest BCUT2D eigenvalue weighted by Gasteiger charge is -1.97. The Kier molecular flexibility index (Phi) is 4.27. The van der Waals surface area contributed by atoms with Crippen LogP contribution in [0.15, 0.2) is 0 Å². The van der Waals surface area contributed by atoms with Gasteiger partial charge >= 0.3 is 0 Å². The fourth-order valence-electron chi connectivity index (χ4n) is 0.232. The second kappa shape index (κ2) is 4.14. The molecule has 0 aromatic carbocycles. The van der Waals surface area contributed by atoms with Crippen molar-refractivity contribution < 1.29 is 9.59 Å². The van der Waals surface area contributed by atoms with E-state index in [1.165, 1.54) is 0 Å². The van der Waals surface area contributed by atoms with E-state index in [0.717, 1.165) is 0 Å². The zero-order valence-corrected chi connectivity index (χ0v) is 6.71. The van der Waals surface area contributed by atoms with Crippen LogP contribution in [0.4, 0.5) is 0 Å². The summed E-state index contributed by atoms with van der Waals surface area (Å²) in [6.45, 7) is 0. The number of hydrogen-bond acceptors (Lipinski definition) is 3. The van der Waals surface area contributed by atoms with Gasteiger partial charge in [0, 0.05) is 6.42 Å². The molecular weight excluding hydrogens is 183 g/mol. The SMILES string of the molecule is O=C(Cl)CC(S)C(=O)Cl. The molecule has 0 saturated carbocycles. The Morgan fingerprint density at radius 3 is 2.00 bits per heavy atom. The number of rotatable bonds is 3. The number of carbonyl (C=O) groups is 2. The quantitative estimate of drug-likeness (QED) is 0.532. The van der Waals surface area contributed by atoms with Gasteiger partial charge in [-0.25, -0.2) is 0 Å². The standard InChI is InChI=1S/C4H4Cl2O2S/c5-3(7)1-2(9)4(6)8/h2,9H,1H2. The van der Waals surface area contributed by atoms with Crippen molar-refractivity contribution in [2.75, 3.05) is 0 Å². The zero-order valence-electron chi connectivity index (χ0n) is 4.30. The third kappa shape index (κ3) is 4.75. The molecule has 0 rings (SSSR count). The van der Waals surface area contributed by atoms with Gasteiger partial charge in [0.05, 0.1) is 5.25 Å². The van der Waals surface area contributed by atoms with Crippen LogP contribution in [0.25, 0.3) is 0 Å². The van der Waals surface area contributed by atoms with Crippen molar-refractivity contribution in [3.63, 3.8) is 0 Å². The molecule has 0 aliphatic carbocycles. The maximum atomic E-state index is 10.2. The van der Waals surface area contributed by atoms with Crippen LogP contribution in [-0.2, 0) is 9.59 Å². The fourth-order valence-corrected chi connectivity index (χ4v) is 0.737. The van der Waals surface area contributed by atoms with E-state index in [9.17, 15) is 9.59 Å². The van der Waals surface area contributed by atoms with Crippen LogP contribution in [0.2, 0.25) is 0 Å². The topological polar surface area (TPSA) is 34.1 Å². The summed E-state index contributed by atoms with van der Waals surface area (Å²) in [5, 5.41) is -2.03. The molecule has 0 saturated heterocycles. The molecule has 0 aromatic heterocycles. The van der Waals surface area contributed by atoms with Gasteiger partial charge in [-0.3, -0.25) is 9.59 Å². The first-order valence-electron chi connectivity index (χ1n) is 2.09. The van der Waals surface area contributed by atoms with Crippen LogP contribution >= 0.6 is 35.8 Å². The minimum Gasteiger partial charge on any atom is -0.281 e. The molecule has 2 nitrogen and oxygen atoms in total. The first kappa shape index (κ1) is 9.27. The van der Waals surface area contributed by atoms with Crippen molar-refractivity contribution in [2.45, 2.75) is 11.7 Å². The van der Waals surface area contributed by atoms with E-state index in [1.54, 1.807) is 0 Å². The van der Waals surface area contributed by atoms with Gasteiger partial charge in [-0.2, -0.15) is 12.6 Å². The van der Waals surface area contributed by atoms with Crippen molar-refractivity contribution in [3.05, 3.63) is 0 Å². The molecule has 0 aliphatic rings. The molecule has 9 heavy (non-hydrogen) atoms. The Bertz CT molecular complexity index is 137. The van der Waals surface area contributed by atoms with Gasteiger partial charge in [-0.15, -0.1) is 0 Å². The smallest absolute Gasteiger partial charge is 0.234 e. The number of thiol groups is 1. The van der Waals surface area contributed by atoms with Crippen LogP contribution in [0.1, 0.15) is 6.42 Å². The van der Waals surface area contributed by atoms with Crippen molar-refractivity contribution in [3.8, 4) is 0 Å². The molecule has 5 heteroatoms. The van der Waals surface area contributed by atoms with Crippen LogP contribution < -0.4 is 0 Å². The summed E-state index contributed by atoms with van der Waals surface area (Å²) >= 11 is 13.5. The van der Waals surface area contributed by atoms with Gasteiger partial charge in [0.1, 0.15) is 0 Å². The van der Waals surface area contributed by atoms with Gasteiger partial charge in [0.25, 0.3) is 0 Å². The predicted octanol–water partition coefficient (Wildman–Crippen LogP) is 1.21. The van der Waals surface area contributed by atoms with E-state index < -0.39 is 15.7 Å². The Hall–Kier alpha value is 0.270. The monoisotopic (exact) mass is 186 g/mol. The molecule has 0 spiro atoms. The number of hydrogen-bond donors (Lipinski definition) is 1. The summed E-state index contributed by atoms with van der Waals surface area (Å²) in [5.74, 6) is 0. The largest absolute Gasteiger partial charge is 0.281 e. The summed E-state index contributed by atoms with van der Waals surface area (Å²) in [4.78, 5) is 20.2. The van der Waals surface area contributed by atoms with Crippen molar-refractivity contribution in [1.29, 1.82) is 0 Å². The first-order valence-corrected chi connectivity index (χ1v) is 3.37. The van der Waals surface area contributed by atoms with E-state index in [4.69, 9.17) is 23.2 Å². The van der Waals surface area contributed by atoms with E-state index in [2.05, 4.69) is 12.6 Å². The van der Waals surface area contributed by atoms with Crippen LogP contribution in [-0.4, -0.2) is 15.7 Å². The fraction of sp³-hybridized carbons (Fsp3) is 0.500. The van der Waals surface area contributed by atoms with E-state index >= 15 is 0 Å². The summed E-state index contributed by atoms with van der Waals surface area (Å²) in [6, 6.07) is 0. The maximum absolute atomic E-state index is 10.2. The molecule has 0 radical (unpaired) electrons. The highest BCUT2D eigenvalue weighted by Gasteiger charge is 2.13. The lowest BCUT2D eigenvalue weighted by molar-refractivity contribution is -0.115. The Morgan fingerprint density at radius 2 is 1.89 bits per heavy atom. The van der Waals surface area contributed by atoms with Gasteiger partial charge in [-0.1, -0.05) is 0 Å². The second-order valence-corrected chi connectivity index (χ2v) is 2.80. The average Bonchev–Trinajstić information content (AvgIpc) is 1.63. The molecule has 0 amide bonds. The van der Waals surface area contributed by atoms with E-state index in [1.807, 2.05) is 0 Å². The minimum absolute atomic E-state index is 0.118. The number of halogens is 2. The Morgan fingerprint density at radius 1 is 1.44 bits per heavy atom. The van der Waals surface area contributed by atoms with Crippen LogP contribution in [0.5, 0.6) is 0 Å². The van der Waals surface area contributed by atoms with Crippen molar-refractivity contribution >= 4 is 46.3 Å². The highest BCUT2D eigenvalue weighted by atomic mass is 35.5. The third-order valence-electron chi connectivity index (χ3n) is 0.616. The van der Waals surface area contributed by atoms with Crippen molar-refractivity contribution in [2.24, 2.45) is 0 Å². The maximum Gasteiger partial charge on any atom is 0.234 e. The molecular formula is C4H4Cl2O2S. The molecule has 0 aromatic rings. The highest BCUT2D eigenvalue weighted by Crippen LogP contribution is 2.07. The molecule has 1 atom stereocenters. The summed E-state index contributed by atoms with van der Waals surface area (Å²) in [7, 11) is 0. The molecule has 52 valence electrons. The van der Waals surface area contributed by atoms with Crippen LogP contribution in [0.3, 0.4) is 0 Å². The molecule has 0 bridgehead atoms. The Balaban J connectivity index is 3.63. The average molecular weight is 187 g/mol. The Labute approximate surface area is 67.9 Å². The van der Waals surface area contributed by atoms with Gasteiger partial charge < -0.3 is 0 Å². The molecule has 0 N–H and O–H groups in total. The lowest BCUT2D eigenvalue weighted by Crippen LogP contribution is -2.10. The normalized spacial score (nSPS) is 12.8. The second-order valence-electron chi connectivity index (χ2n) is 1.38. The minimum atomic E-state index is -0.767. The van der Waals surface area contributed by atoms with E-state index in [0.29, 0.717) is 0 Å². The summed E-state index contributed by atoms with van der Waals surface area (Å²) in [5.41, 5.74) is 0. The van der Waals surface area contributed by atoms with E-state index in [-0.39, 0.29) is 6.42 Å². The van der Waals surface area contributed by atoms with Gasteiger partial charge in [0.2, 0.25) is 10.5 Å². The molecule has 1 unspecified atom stereocenters. The molecule has 0 aliphatic heterocycles. The predicted molar refractivity (Wildman–Crippen MR) is 39.1 cm³/mol. The summed E-state index contributed by atoms with van der Waals surface area (Å²) in [6.07, 6.45) is -0.118. The van der Waals surface area contributed by atoms with Gasteiger partial charge in [-0.05, 0) is 23.2 Å².